The molecule has 0 radical (unpaired) electrons. The second-order valence-corrected chi connectivity index (χ2v) is 5.32. The Balaban J connectivity index is 2.80. The van der Waals surface area contributed by atoms with Crippen LogP contribution in [0.25, 0.3) is 0 Å². The molecular formula is C14H21NO2S. The summed E-state index contributed by atoms with van der Waals surface area (Å²) in [6.07, 6.45) is 2.59. The van der Waals surface area contributed by atoms with Crippen molar-refractivity contribution in [3.05, 3.63) is 34.9 Å². The van der Waals surface area contributed by atoms with E-state index in [1.807, 2.05) is 38.3 Å². The highest BCUT2D eigenvalue weighted by atomic mass is 32.2. The van der Waals surface area contributed by atoms with Crippen LogP contribution < -0.4 is 5.32 Å². The minimum Gasteiger partial charge on any atom is -0.396 e. The summed E-state index contributed by atoms with van der Waals surface area (Å²) >= 11 is 1.67. The lowest BCUT2D eigenvalue weighted by Gasteiger charge is -2.18. The van der Waals surface area contributed by atoms with E-state index in [9.17, 15) is 4.79 Å². The van der Waals surface area contributed by atoms with Gasteiger partial charge in [-0.25, -0.2) is 0 Å². The third-order valence-corrected chi connectivity index (χ3v) is 3.62. The number of aliphatic hydroxyl groups excluding tert-OH is 1. The Labute approximate surface area is 113 Å². The van der Waals surface area contributed by atoms with Crippen molar-refractivity contribution >= 4 is 17.7 Å². The quantitative estimate of drug-likeness (QED) is 0.830. The molecule has 1 rings (SSSR count). The first-order valence-electron chi connectivity index (χ1n) is 6.07. The number of amides is 1. The van der Waals surface area contributed by atoms with Crippen LogP contribution in [0.3, 0.4) is 0 Å². The average molecular weight is 267 g/mol. The zero-order chi connectivity index (χ0) is 13.5. The van der Waals surface area contributed by atoms with Crippen LogP contribution >= 0.6 is 11.8 Å². The van der Waals surface area contributed by atoms with E-state index in [4.69, 9.17) is 5.11 Å². The molecule has 0 fully saturated rings. The zero-order valence-corrected chi connectivity index (χ0v) is 12.0. The molecule has 1 unspecified atom stereocenters. The number of aliphatic hydroxyl groups is 1. The van der Waals surface area contributed by atoms with Gasteiger partial charge in [-0.1, -0.05) is 18.2 Å². The van der Waals surface area contributed by atoms with Crippen LogP contribution in [-0.2, 0) is 0 Å². The summed E-state index contributed by atoms with van der Waals surface area (Å²) in [6.45, 7) is 3.98. The van der Waals surface area contributed by atoms with E-state index < -0.39 is 0 Å². The van der Waals surface area contributed by atoms with Crippen LogP contribution in [0.1, 0.15) is 27.9 Å². The number of aryl methyl sites for hydroxylation is 2. The van der Waals surface area contributed by atoms with E-state index in [1.165, 1.54) is 0 Å². The second kappa shape index (κ2) is 7.44. The van der Waals surface area contributed by atoms with E-state index in [1.54, 1.807) is 11.8 Å². The number of benzene rings is 1. The molecule has 1 amide bonds. The molecule has 0 saturated carbocycles. The van der Waals surface area contributed by atoms with Crippen molar-refractivity contribution in [3.8, 4) is 0 Å². The summed E-state index contributed by atoms with van der Waals surface area (Å²) in [6, 6.07) is 5.86. The molecule has 0 spiro atoms. The highest BCUT2D eigenvalue weighted by Crippen LogP contribution is 2.14. The number of nitrogens with one attached hydrogen (secondary N) is 1. The van der Waals surface area contributed by atoms with E-state index in [2.05, 4.69) is 5.32 Å². The first-order valence-corrected chi connectivity index (χ1v) is 7.46. The Bertz CT molecular complexity index is 381. The van der Waals surface area contributed by atoms with Crippen molar-refractivity contribution in [1.29, 1.82) is 0 Å². The van der Waals surface area contributed by atoms with Gasteiger partial charge in [0.15, 0.2) is 0 Å². The first kappa shape index (κ1) is 15.1. The molecule has 18 heavy (non-hydrogen) atoms. The number of hydrogen-bond acceptors (Lipinski definition) is 3. The highest BCUT2D eigenvalue weighted by Gasteiger charge is 2.16. The van der Waals surface area contributed by atoms with Crippen molar-refractivity contribution in [2.45, 2.75) is 26.3 Å². The predicted molar refractivity (Wildman–Crippen MR) is 77.3 cm³/mol. The number of carbonyl (C=O) groups excluding carboxylic acids is 1. The standard InChI is InChI=1S/C14H21NO2S/c1-10-5-4-6-11(2)13(10)14(17)15-12(7-8-16)9-18-3/h4-6,12,16H,7-9H2,1-3H3,(H,15,17). The molecule has 0 bridgehead atoms. The average Bonchev–Trinajstić information content (AvgIpc) is 2.29. The van der Waals surface area contributed by atoms with Gasteiger partial charge < -0.3 is 10.4 Å². The van der Waals surface area contributed by atoms with Gasteiger partial charge in [0.1, 0.15) is 0 Å². The molecule has 4 heteroatoms. The first-order chi connectivity index (χ1) is 8.60. The minimum atomic E-state index is -0.0434. The van der Waals surface area contributed by atoms with Crippen LogP contribution in [0.4, 0.5) is 0 Å². The summed E-state index contributed by atoms with van der Waals surface area (Å²) < 4.78 is 0. The zero-order valence-electron chi connectivity index (χ0n) is 11.2. The molecule has 0 aromatic heterocycles. The normalized spacial score (nSPS) is 12.2. The highest BCUT2D eigenvalue weighted by molar-refractivity contribution is 7.98. The summed E-state index contributed by atoms with van der Waals surface area (Å²) in [5, 5.41) is 12.0. The van der Waals surface area contributed by atoms with Crippen molar-refractivity contribution in [3.63, 3.8) is 0 Å². The smallest absolute Gasteiger partial charge is 0.252 e. The summed E-state index contributed by atoms with van der Waals surface area (Å²) in [5.74, 6) is 0.773. The van der Waals surface area contributed by atoms with E-state index in [0.717, 1.165) is 22.4 Å². The Morgan fingerprint density at radius 1 is 1.39 bits per heavy atom. The number of hydrogen-bond donors (Lipinski definition) is 2. The Morgan fingerprint density at radius 2 is 2.00 bits per heavy atom. The van der Waals surface area contributed by atoms with Crippen molar-refractivity contribution in [2.75, 3.05) is 18.6 Å². The van der Waals surface area contributed by atoms with Crippen LogP contribution in [-0.4, -0.2) is 35.7 Å². The van der Waals surface area contributed by atoms with Gasteiger partial charge in [0.2, 0.25) is 0 Å². The van der Waals surface area contributed by atoms with Crippen LogP contribution in [0, 0.1) is 13.8 Å². The molecule has 1 aromatic carbocycles. The third kappa shape index (κ3) is 4.03. The Hall–Kier alpha value is -1.00. The number of rotatable bonds is 6. The van der Waals surface area contributed by atoms with Gasteiger partial charge in [0.05, 0.1) is 0 Å². The number of thioether (sulfide) groups is 1. The molecule has 0 aliphatic heterocycles. The second-order valence-electron chi connectivity index (χ2n) is 4.40. The predicted octanol–water partition coefficient (Wildman–Crippen LogP) is 2.15. The lowest BCUT2D eigenvalue weighted by Crippen LogP contribution is -2.38. The van der Waals surface area contributed by atoms with Crippen LogP contribution in [0.2, 0.25) is 0 Å². The summed E-state index contributed by atoms with van der Waals surface area (Å²) in [4.78, 5) is 12.2. The molecular weight excluding hydrogens is 246 g/mol. The van der Waals surface area contributed by atoms with Crippen molar-refractivity contribution in [2.24, 2.45) is 0 Å². The lowest BCUT2D eigenvalue weighted by atomic mass is 10.0. The van der Waals surface area contributed by atoms with Crippen molar-refractivity contribution in [1.82, 2.24) is 5.32 Å². The Morgan fingerprint density at radius 3 is 2.50 bits per heavy atom. The molecule has 1 atom stereocenters. The fourth-order valence-corrected chi connectivity index (χ4v) is 2.64. The van der Waals surface area contributed by atoms with E-state index in [-0.39, 0.29) is 18.6 Å². The SMILES string of the molecule is CSCC(CCO)NC(=O)c1c(C)cccc1C. The maximum absolute atomic E-state index is 12.2. The lowest BCUT2D eigenvalue weighted by molar-refractivity contribution is 0.0934. The van der Waals surface area contributed by atoms with Gasteiger partial charge in [-0.2, -0.15) is 11.8 Å². The molecule has 0 aliphatic carbocycles. The minimum absolute atomic E-state index is 0.0245. The Kier molecular flexibility index (Phi) is 6.22. The van der Waals surface area contributed by atoms with Crippen LogP contribution in [0.5, 0.6) is 0 Å². The van der Waals surface area contributed by atoms with Gasteiger partial charge in [-0.3, -0.25) is 4.79 Å². The van der Waals surface area contributed by atoms with Gasteiger partial charge in [-0.15, -0.1) is 0 Å². The fraction of sp³-hybridized carbons (Fsp3) is 0.500. The third-order valence-electron chi connectivity index (χ3n) is 2.89. The summed E-state index contributed by atoms with van der Waals surface area (Å²) in [5.41, 5.74) is 2.72. The van der Waals surface area contributed by atoms with Crippen molar-refractivity contribution < 1.29 is 9.90 Å². The molecule has 0 saturated heterocycles. The molecule has 0 aliphatic rings. The topological polar surface area (TPSA) is 49.3 Å². The number of carbonyl (C=O) groups is 1. The van der Waals surface area contributed by atoms with Gasteiger partial charge in [0, 0.05) is 24.0 Å². The molecule has 1 aromatic rings. The van der Waals surface area contributed by atoms with Gasteiger partial charge in [-0.05, 0) is 37.7 Å². The van der Waals surface area contributed by atoms with E-state index in [0.29, 0.717) is 6.42 Å². The maximum Gasteiger partial charge on any atom is 0.252 e. The van der Waals surface area contributed by atoms with Gasteiger partial charge >= 0.3 is 0 Å². The molecule has 0 heterocycles. The fourth-order valence-electron chi connectivity index (χ4n) is 1.98. The van der Waals surface area contributed by atoms with E-state index >= 15 is 0 Å². The maximum atomic E-state index is 12.2. The molecule has 100 valence electrons. The summed E-state index contributed by atoms with van der Waals surface area (Å²) in [7, 11) is 0. The monoisotopic (exact) mass is 267 g/mol. The largest absolute Gasteiger partial charge is 0.396 e. The molecule has 2 N–H and O–H groups in total. The van der Waals surface area contributed by atoms with Crippen LogP contribution in [0.15, 0.2) is 18.2 Å². The molecule has 3 nitrogen and oxygen atoms in total. The van der Waals surface area contributed by atoms with Gasteiger partial charge in [0.25, 0.3) is 5.91 Å².